The van der Waals surface area contributed by atoms with Gasteiger partial charge in [0.05, 0.1) is 25.7 Å². The summed E-state index contributed by atoms with van der Waals surface area (Å²) >= 11 is 3.46. The maximum atomic E-state index is 13.4. The Morgan fingerprint density at radius 3 is 2.88 bits per heavy atom. The van der Waals surface area contributed by atoms with Gasteiger partial charge in [-0.1, -0.05) is 12.8 Å². The van der Waals surface area contributed by atoms with Crippen molar-refractivity contribution in [2.75, 3.05) is 23.8 Å². The largest absolute Gasteiger partial charge is 0.492 e. The van der Waals surface area contributed by atoms with E-state index >= 15 is 0 Å². The molecule has 4 N–H and O–H groups in total. The van der Waals surface area contributed by atoms with Gasteiger partial charge in [-0.05, 0) is 59.6 Å². The fraction of sp³-hybridized carbons (Fsp3) is 0.429. The molecule has 1 aliphatic heterocycles. The van der Waals surface area contributed by atoms with Crippen LogP contribution in [0.25, 0.3) is 0 Å². The van der Waals surface area contributed by atoms with Gasteiger partial charge in [0.25, 0.3) is 0 Å². The molecule has 1 fully saturated rings. The molecule has 172 valence electrons. The monoisotopic (exact) mass is 522 g/mol. The van der Waals surface area contributed by atoms with Crippen molar-refractivity contribution in [2.24, 2.45) is 0 Å². The zero-order chi connectivity index (χ0) is 22.6. The number of ether oxygens (including phenoxy) is 1. The van der Waals surface area contributed by atoms with Crippen molar-refractivity contribution in [3.05, 3.63) is 28.9 Å². The van der Waals surface area contributed by atoms with Gasteiger partial charge in [-0.2, -0.15) is 4.98 Å². The fourth-order valence-corrected chi connectivity index (χ4v) is 5.29. The van der Waals surface area contributed by atoms with Crippen LogP contribution in [0.4, 0.5) is 22.2 Å². The average molecular weight is 523 g/mol. The maximum Gasteiger partial charge on any atom is 0.326 e. The van der Waals surface area contributed by atoms with Gasteiger partial charge in [0, 0.05) is 30.5 Å². The van der Waals surface area contributed by atoms with Gasteiger partial charge in [0.2, 0.25) is 5.95 Å². The van der Waals surface area contributed by atoms with Crippen LogP contribution in [0.1, 0.15) is 38.5 Å². The molecule has 32 heavy (non-hydrogen) atoms. The Bertz CT molecular complexity index is 1090. The van der Waals surface area contributed by atoms with E-state index in [2.05, 4.69) is 52.4 Å². The van der Waals surface area contributed by atoms with Crippen LogP contribution in [0.5, 0.6) is 5.75 Å². The summed E-state index contributed by atoms with van der Waals surface area (Å²) in [5, 5.41) is 9.31. The molecule has 0 radical (unpaired) electrons. The second-order valence-corrected chi connectivity index (χ2v) is 10.7. The van der Waals surface area contributed by atoms with Gasteiger partial charge in [0.15, 0.2) is 0 Å². The number of halogens is 1. The van der Waals surface area contributed by atoms with E-state index in [1.165, 1.54) is 0 Å². The number of aromatic nitrogens is 2. The molecule has 2 aliphatic rings. The van der Waals surface area contributed by atoms with Crippen LogP contribution >= 0.6 is 15.9 Å². The van der Waals surface area contributed by atoms with Crippen molar-refractivity contribution in [3.63, 3.8) is 0 Å². The summed E-state index contributed by atoms with van der Waals surface area (Å²) in [6.45, 7) is 1.16. The third-order valence-corrected chi connectivity index (χ3v) is 7.51. The average Bonchev–Trinajstić information content (AvgIpc) is 3.24. The second kappa shape index (κ2) is 9.95. The Morgan fingerprint density at radius 1 is 1.25 bits per heavy atom. The van der Waals surface area contributed by atoms with Gasteiger partial charge in [-0.25, -0.2) is 14.0 Å². The molecule has 1 aromatic heterocycles. The number of fused-ring (bicyclic) bond motifs is 4. The van der Waals surface area contributed by atoms with Crippen molar-refractivity contribution < 1.29 is 13.7 Å². The summed E-state index contributed by atoms with van der Waals surface area (Å²) in [6.07, 6.45) is 7.39. The number of nitrogens with one attached hydrogen (secondary N) is 4. The third kappa shape index (κ3) is 5.63. The number of carbonyl (C=O) groups excluding carboxylic acids is 1. The van der Waals surface area contributed by atoms with Gasteiger partial charge >= 0.3 is 6.03 Å². The molecule has 2 amide bonds. The first-order chi connectivity index (χ1) is 15.4. The van der Waals surface area contributed by atoms with Gasteiger partial charge in [-0.3, -0.25) is 4.72 Å². The highest BCUT2D eigenvalue weighted by Gasteiger charge is 2.22. The number of hydrogen-bond acceptors (Lipinski definition) is 7. The minimum absolute atomic E-state index is 0.117. The molecule has 1 aromatic carbocycles. The Hall–Kier alpha value is -2.53. The second-order valence-electron chi connectivity index (χ2n) is 7.89. The lowest BCUT2D eigenvalue weighted by molar-refractivity contribution is 0.242. The topological polar surface area (TPSA) is 117 Å². The van der Waals surface area contributed by atoms with Gasteiger partial charge in [-0.15, -0.1) is 0 Å². The molecule has 2 heterocycles. The third-order valence-electron chi connectivity index (χ3n) is 5.37. The molecule has 0 spiro atoms. The van der Waals surface area contributed by atoms with Crippen LogP contribution < -0.4 is 25.4 Å². The number of nitrogens with zero attached hydrogens (tertiary/aromatic N) is 2. The first kappa shape index (κ1) is 22.7. The van der Waals surface area contributed by atoms with Crippen molar-refractivity contribution in [1.82, 2.24) is 20.0 Å². The van der Waals surface area contributed by atoms with E-state index in [4.69, 9.17) is 4.74 Å². The highest BCUT2D eigenvalue weighted by atomic mass is 79.9. The predicted molar refractivity (Wildman–Crippen MR) is 130 cm³/mol. The van der Waals surface area contributed by atoms with Crippen LogP contribution in [0.15, 0.2) is 33.8 Å². The summed E-state index contributed by atoms with van der Waals surface area (Å²) in [4.78, 5) is 21.5. The summed E-state index contributed by atoms with van der Waals surface area (Å²) in [7, 11) is -3.12. The number of amides is 2. The summed E-state index contributed by atoms with van der Waals surface area (Å²) in [5.74, 6) is 5.33. The molecule has 2 aromatic rings. The molecular weight excluding hydrogens is 496 g/mol. The number of benzene rings is 1. The summed E-state index contributed by atoms with van der Waals surface area (Å²) < 4.78 is 22.7. The van der Waals surface area contributed by atoms with E-state index < -0.39 is 15.7 Å². The first-order valence-corrected chi connectivity index (χ1v) is 13.2. The number of rotatable bonds is 3. The molecule has 4 bridgehead atoms. The molecule has 11 heteroatoms. The summed E-state index contributed by atoms with van der Waals surface area (Å²) in [5.41, 5.74) is 0.668. The van der Waals surface area contributed by atoms with Gasteiger partial charge in [0.1, 0.15) is 11.6 Å². The number of carbonyl (C=O) groups is 1. The maximum absolute atomic E-state index is 13.4. The Kier molecular flexibility index (Phi) is 7.04. The normalized spacial score (nSPS) is 18.4. The SMILES string of the molecule is C=S(=O)(NC(=O)NC1CCCC1)c1ccc2cc1OCCCCNc1nc(ncc1Br)N2. The van der Waals surface area contributed by atoms with Crippen LogP contribution in [-0.2, 0) is 9.71 Å². The van der Waals surface area contributed by atoms with Crippen molar-refractivity contribution in [2.45, 2.75) is 49.5 Å². The molecule has 4 rings (SSSR count). The quantitative estimate of drug-likeness (QED) is 0.452. The van der Waals surface area contributed by atoms with Crippen molar-refractivity contribution in [1.29, 1.82) is 0 Å². The molecule has 1 atom stereocenters. The molecule has 1 saturated carbocycles. The van der Waals surface area contributed by atoms with Crippen molar-refractivity contribution >= 4 is 55.0 Å². The minimum atomic E-state index is -3.12. The Morgan fingerprint density at radius 2 is 2.06 bits per heavy atom. The number of anilines is 3. The molecule has 9 nitrogen and oxygen atoms in total. The van der Waals surface area contributed by atoms with Crippen LogP contribution in [-0.4, -0.2) is 45.3 Å². The lowest BCUT2D eigenvalue weighted by atomic mass is 10.3. The smallest absolute Gasteiger partial charge is 0.326 e. The lowest BCUT2D eigenvalue weighted by Crippen LogP contribution is -2.43. The molecule has 1 aliphatic carbocycles. The highest BCUT2D eigenvalue weighted by molar-refractivity contribution is 9.10. The minimum Gasteiger partial charge on any atom is -0.492 e. The molecule has 0 saturated heterocycles. The van der Waals surface area contributed by atoms with E-state index in [0.717, 1.165) is 49.5 Å². The van der Waals surface area contributed by atoms with E-state index in [9.17, 15) is 9.00 Å². The van der Waals surface area contributed by atoms with E-state index in [1.807, 2.05) is 0 Å². The van der Waals surface area contributed by atoms with Crippen molar-refractivity contribution in [3.8, 4) is 5.75 Å². The fourth-order valence-electron chi connectivity index (χ4n) is 3.76. The van der Waals surface area contributed by atoms with E-state index in [-0.39, 0.29) is 6.04 Å². The van der Waals surface area contributed by atoms with E-state index in [0.29, 0.717) is 34.7 Å². The lowest BCUT2D eigenvalue weighted by Gasteiger charge is -2.19. The van der Waals surface area contributed by atoms with E-state index in [1.54, 1.807) is 24.4 Å². The standard InChI is InChI=1S/C21H27BrN6O3S/c1-32(30,28-21(29)26-14-6-2-3-7-14)18-9-8-15-12-17(18)31-11-5-4-10-23-19-16(22)13-24-20(25-15)27-19/h8-9,12-14H,1-7,10-11H2,(H2,23,24,25,27)(H2,26,28,29,30). The van der Waals surface area contributed by atoms with Crippen LogP contribution in [0.2, 0.25) is 0 Å². The van der Waals surface area contributed by atoms with Crippen LogP contribution in [0, 0.1) is 0 Å². The molecular formula is C21H27BrN6O3S. The summed E-state index contributed by atoms with van der Waals surface area (Å²) in [6, 6.07) is 4.76. The van der Waals surface area contributed by atoms with Gasteiger partial charge < -0.3 is 20.7 Å². The number of hydrogen-bond donors (Lipinski definition) is 4. The Labute approximate surface area is 196 Å². The number of urea groups is 1. The first-order valence-electron chi connectivity index (χ1n) is 10.7. The Balaban J connectivity index is 1.57. The van der Waals surface area contributed by atoms with Crippen LogP contribution in [0.3, 0.4) is 0 Å². The zero-order valence-electron chi connectivity index (χ0n) is 17.7. The highest BCUT2D eigenvalue weighted by Crippen LogP contribution is 2.30. The zero-order valence-corrected chi connectivity index (χ0v) is 20.1. The molecule has 1 unspecified atom stereocenters. The predicted octanol–water partition coefficient (Wildman–Crippen LogP) is 3.80.